The van der Waals surface area contributed by atoms with Gasteiger partial charge in [-0.2, -0.15) is 0 Å². The van der Waals surface area contributed by atoms with Crippen LogP contribution in [-0.2, 0) is 0 Å². The normalized spacial score (nSPS) is 32.2. The van der Waals surface area contributed by atoms with Gasteiger partial charge in [0.1, 0.15) is 0 Å². The highest BCUT2D eigenvalue weighted by Gasteiger charge is 2.35. The lowest BCUT2D eigenvalue weighted by Crippen LogP contribution is -2.33. The molecule has 0 heterocycles. The van der Waals surface area contributed by atoms with Crippen LogP contribution in [0.2, 0.25) is 0 Å². The molecule has 25 heavy (non-hydrogen) atoms. The topological polar surface area (TPSA) is 0 Å². The molecule has 0 heteroatoms. The van der Waals surface area contributed by atoms with E-state index in [-0.39, 0.29) is 0 Å². The van der Waals surface area contributed by atoms with Crippen LogP contribution in [0, 0.1) is 35.5 Å². The van der Waals surface area contributed by atoms with Crippen molar-refractivity contribution in [3.05, 3.63) is 0 Å². The van der Waals surface area contributed by atoms with Crippen molar-refractivity contribution in [1.29, 1.82) is 0 Å². The van der Waals surface area contributed by atoms with Crippen LogP contribution in [0.15, 0.2) is 0 Å². The van der Waals surface area contributed by atoms with Crippen LogP contribution in [0.25, 0.3) is 0 Å². The van der Waals surface area contributed by atoms with E-state index in [2.05, 4.69) is 27.7 Å². The number of hydrogen-bond acceptors (Lipinski definition) is 0. The highest BCUT2D eigenvalue weighted by Crippen LogP contribution is 2.46. The fraction of sp³-hybridized carbons (Fsp3) is 1.00. The summed E-state index contributed by atoms with van der Waals surface area (Å²) in [5.41, 5.74) is 0. The summed E-state index contributed by atoms with van der Waals surface area (Å²) in [5, 5.41) is 0. The lowest BCUT2D eigenvalue weighted by molar-refractivity contribution is 0.0747. The molecule has 3 saturated carbocycles. The molecule has 3 fully saturated rings. The highest BCUT2D eigenvalue weighted by atomic mass is 14.4. The molecule has 3 atom stereocenters. The van der Waals surface area contributed by atoms with Crippen molar-refractivity contribution in [2.24, 2.45) is 35.5 Å². The summed E-state index contributed by atoms with van der Waals surface area (Å²) in [6.45, 7) is 9.65. The maximum Gasteiger partial charge on any atom is -0.0355 e. The fourth-order valence-corrected chi connectivity index (χ4v) is 6.15. The van der Waals surface area contributed by atoms with E-state index in [9.17, 15) is 0 Å². The smallest absolute Gasteiger partial charge is 0.0355 e. The number of rotatable bonds is 2. The zero-order valence-corrected chi connectivity index (χ0v) is 18.1. The van der Waals surface area contributed by atoms with E-state index in [0.717, 1.165) is 35.5 Å². The molecule has 0 saturated heterocycles. The quantitative estimate of drug-likeness (QED) is 0.468. The van der Waals surface area contributed by atoms with Gasteiger partial charge in [-0.15, -0.1) is 0 Å². The van der Waals surface area contributed by atoms with Crippen LogP contribution in [-0.4, -0.2) is 0 Å². The largest absolute Gasteiger partial charge is 0.0625 e. The van der Waals surface area contributed by atoms with Crippen LogP contribution < -0.4 is 0 Å². The average molecular weight is 349 g/mol. The standard InChI is InChI=1S/C13H24.C12H24/c1-10(2)12-9-5-7-11-6-3-4-8-13(11)12;1-11(2)12-9-7-5-3-4-6-8-10-12/h10-13H,3-9H2,1-2H3;11-12H,3-10H2,1-2H3. The first-order valence-electron chi connectivity index (χ1n) is 12.1. The minimum absolute atomic E-state index is 0.920. The van der Waals surface area contributed by atoms with Gasteiger partial charge in [0.2, 0.25) is 0 Å². The summed E-state index contributed by atoms with van der Waals surface area (Å²) in [6, 6.07) is 0. The van der Waals surface area contributed by atoms with Crippen molar-refractivity contribution < 1.29 is 0 Å². The molecule has 0 aromatic rings. The third kappa shape index (κ3) is 7.26. The average Bonchev–Trinajstić information content (AvgIpc) is 2.75. The summed E-state index contributed by atoms with van der Waals surface area (Å²) in [4.78, 5) is 0. The molecular formula is C25H48. The van der Waals surface area contributed by atoms with Gasteiger partial charge in [-0.1, -0.05) is 111 Å². The summed E-state index contributed by atoms with van der Waals surface area (Å²) in [5.74, 6) is 6.19. The van der Waals surface area contributed by atoms with Crippen LogP contribution in [0.3, 0.4) is 0 Å². The van der Waals surface area contributed by atoms with Crippen molar-refractivity contribution in [3.63, 3.8) is 0 Å². The molecule has 0 spiro atoms. The van der Waals surface area contributed by atoms with Gasteiger partial charge in [0.05, 0.1) is 0 Å². The van der Waals surface area contributed by atoms with Crippen LogP contribution in [0.5, 0.6) is 0 Å². The van der Waals surface area contributed by atoms with Gasteiger partial charge < -0.3 is 0 Å². The summed E-state index contributed by atoms with van der Waals surface area (Å²) < 4.78 is 0. The van der Waals surface area contributed by atoms with Gasteiger partial charge in [-0.25, -0.2) is 0 Å². The van der Waals surface area contributed by atoms with E-state index in [1.54, 1.807) is 19.3 Å². The zero-order valence-electron chi connectivity index (χ0n) is 18.1. The molecule has 3 aliphatic rings. The molecule has 3 aliphatic carbocycles. The fourth-order valence-electron chi connectivity index (χ4n) is 6.15. The van der Waals surface area contributed by atoms with E-state index in [0.29, 0.717) is 0 Å². The summed E-state index contributed by atoms with van der Waals surface area (Å²) >= 11 is 0. The molecule has 148 valence electrons. The maximum absolute atomic E-state index is 2.43. The van der Waals surface area contributed by atoms with Gasteiger partial charge in [-0.3, -0.25) is 0 Å². The molecule has 0 amide bonds. The second-order valence-electron chi connectivity index (χ2n) is 10.2. The van der Waals surface area contributed by atoms with Gasteiger partial charge in [0.25, 0.3) is 0 Å². The molecule has 0 nitrogen and oxygen atoms in total. The van der Waals surface area contributed by atoms with Crippen molar-refractivity contribution in [2.45, 2.75) is 124 Å². The second-order valence-corrected chi connectivity index (χ2v) is 10.2. The molecular weight excluding hydrogens is 300 g/mol. The van der Waals surface area contributed by atoms with Gasteiger partial charge in [0.15, 0.2) is 0 Å². The molecule has 0 radical (unpaired) electrons. The van der Waals surface area contributed by atoms with Gasteiger partial charge in [-0.05, 0) is 48.3 Å². The van der Waals surface area contributed by atoms with Gasteiger partial charge >= 0.3 is 0 Å². The van der Waals surface area contributed by atoms with E-state index in [4.69, 9.17) is 0 Å². The van der Waals surface area contributed by atoms with Crippen LogP contribution in [0.1, 0.15) is 124 Å². The molecule has 3 unspecified atom stereocenters. The lowest BCUT2D eigenvalue weighted by Gasteiger charge is -2.43. The Bertz CT molecular complexity index is 317. The number of fused-ring (bicyclic) bond motifs is 1. The molecule has 3 rings (SSSR count). The van der Waals surface area contributed by atoms with Crippen molar-refractivity contribution in [3.8, 4) is 0 Å². The predicted molar refractivity (Wildman–Crippen MR) is 113 cm³/mol. The van der Waals surface area contributed by atoms with E-state index >= 15 is 0 Å². The first-order valence-corrected chi connectivity index (χ1v) is 12.1. The van der Waals surface area contributed by atoms with E-state index in [1.165, 1.54) is 77.0 Å². The predicted octanol–water partition coefficient (Wildman–Crippen LogP) is 8.64. The van der Waals surface area contributed by atoms with Gasteiger partial charge in [0, 0.05) is 0 Å². The van der Waals surface area contributed by atoms with Crippen LogP contribution >= 0.6 is 0 Å². The highest BCUT2D eigenvalue weighted by molar-refractivity contribution is 4.86. The third-order valence-electron chi connectivity index (χ3n) is 7.83. The Morgan fingerprint density at radius 2 is 1.00 bits per heavy atom. The van der Waals surface area contributed by atoms with Crippen LogP contribution in [0.4, 0.5) is 0 Å². The van der Waals surface area contributed by atoms with E-state index in [1.807, 2.05) is 0 Å². The van der Waals surface area contributed by atoms with Crippen molar-refractivity contribution in [2.75, 3.05) is 0 Å². The molecule has 0 bridgehead atoms. The Morgan fingerprint density at radius 1 is 0.480 bits per heavy atom. The molecule has 0 aromatic carbocycles. The van der Waals surface area contributed by atoms with Crippen molar-refractivity contribution >= 4 is 0 Å². The Morgan fingerprint density at radius 3 is 1.60 bits per heavy atom. The van der Waals surface area contributed by atoms with Crippen molar-refractivity contribution in [1.82, 2.24) is 0 Å². The maximum atomic E-state index is 2.43. The minimum Gasteiger partial charge on any atom is -0.0625 e. The monoisotopic (exact) mass is 348 g/mol. The second kappa shape index (κ2) is 11.7. The Balaban J connectivity index is 0.000000181. The Hall–Kier alpha value is 0. The Kier molecular flexibility index (Phi) is 9.93. The lowest BCUT2D eigenvalue weighted by atomic mass is 9.63. The SMILES string of the molecule is CC(C)C1CCCC2CCCCC21.CC(C)C1CCCCCCCC1. The van der Waals surface area contributed by atoms with E-state index < -0.39 is 0 Å². The first kappa shape index (κ1) is 21.3. The summed E-state index contributed by atoms with van der Waals surface area (Å²) in [6.07, 6.45) is 22.7. The molecule has 0 aromatic heterocycles. The first-order chi connectivity index (χ1) is 12.1. The third-order valence-corrected chi connectivity index (χ3v) is 7.83. The number of hydrogen-bond donors (Lipinski definition) is 0. The minimum atomic E-state index is 0.920. The summed E-state index contributed by atoms with van der Waals surface area (Å²) in [7, 11) is 0. The molecule has 0 aliphatic heterocycles. The molecule has 0 N–H and O–H groups in total. The zero-order chi connectivity index (χ0) is 18.1. The Labute approximate surface area is 159 Å².